The van der Waals surface area contributed by atoms with Crippen LogP contribution in [0, 0.1) is 5.92 Å². The van der Waals surface area contributed by atoms with E-state index in [0.29, 0.717) is 17.4 Å². The second-order valence-corrected chi connectivity index (χ2v) is 9.31. The lowest BCUT2D eigenvalue weighted by molar-refractivity contribution is 0.0851. The normalized spacial score (nSPS) is 14.6. The number of nitrogens with one attached hydrogen (secondary N) is 3. The van der Waals surface area contributed by atoms with Gasteiger partial charge in [0.1, 0.15) is 17.4 Å². The van der Waals surface area contributed by atoms with Gasteiger partial charge in [0.15, 0.2) is 5.82 Å². The zero-order chi connectivity index (χ0) is 24.8. The molecule has 0 spiro atoms. The van der Waals surface area contributed by atoms with Gasteiger partial charge in [0.25, 0.3) is 0 Å². The smallest absolute Gasteiger partial charge is 0.159 e. The Kier molecular flexibility index (Phi) is 5.10. The van der Waals surface area contributed by atoms with Crippen molar-refractivity contribution in [2.24, 2.45) is 5.92 Å². The van der Waals surface area contributed by atoms with Gasteiger partial charge >= 0.3 is 0 Å². The fraction of sp³-hybridized carbons (Fsp3) is 0.185. The molecular formula is C27H23N9O. The summed E-state index contributed by atoms with van der Waals surface area (Å²) in [5.41, 5.74) is 7.07. The molecule has 1 fully saturated rings. The van der Waals surface area contributed by atoms with Crippen LogP contribution in [-0.4, -0.2) is 51.4 Å². The Hall–Kier alpha value is -4.70. The van der Waals surface area contributed by atoms with Gasteiger partial charge in [-0.1, -0.05) is 12.5 Å². The minimum Gasteiger partial charge on any atom is -0.374 e. The third-order valence-electron chi connectivity index (χ3n) is 6.95. The molecule has 1 saturated carbocycles. The SMILES string of the molecule is OC(Nc1cncc(-c2cc3c(-c4nc5c(-c6ccccn6)cncc5[nH]4)n[nH]c3cn2)c1)C1CCC1. The average Bonchev–Trinajstić information content (AvgIpc) is 3.52. The van der Waals surface area contributed by atoms with Crippen LogP contribution in [-0.2, 0) is 0 Å². The molecule has 0 aromatic carbocycles. The lowest BCUT2D eigenvalue weighted by Gasteiger charge is -2.31. The van der Waals surface area contributed by atoms with E-state index in [1.165, 1.54) is 6.42 Å². The molecule has 0 radical (unpaired) electrons. The molecule has 6 aromatic rings. The van der Waals surface area contributed by atoms with Crippen LogP contribution in [0.4, 0.5) is 5.69 Å². The quantitative estimate of drug-likeness (QED) is 0.250. The standard InChI is InChI=1S/C27H23N9O/c37-27(15-4-3-5-15)32-17-8-16(10-28-11-17)21-9-18-22(14-31-21)35-36-25(18)26-33-23-13-29-12-19(24(23)34-26)20-6-1-2-7-30-20/h1-2,6-15,27,32,37H,3-5H2,(H,33,34)(H,35,36). The van der Waals surface area contributed by atoms with Crippen molar-refractivity contribution in [3.63, 3.8) is 0 Å². The summed E-state index contributed by atoms with van der Waals surface area (Å²) >= 11 is 0. The third kappa shape index (κ3) is 3.87. The Morgan fingerprint density at radius 3 is 2.70 bits per heavy atom. The molecular weight excluding hydrogens is 466 g/mol. The first-order valence-corrected chi connectivity index (χ1v) is 12.2. The van der Waals surface area contributed by atoms with Gasteiger partial charge in [0.2, 0.25) is 0 Å². The number of anilines is 1. The Bertz CT molecular complexity index is 1720. The number of H-pyrrole nitrogens is 2. The minimum absolute atomic E-state index is 0.295. The summed E-state index contributed by atoms with van der Waals surface area (Å²) in [5.74, 6) is 0.921. The van der Waals surface area contributed by atoms with E-state index in [-0.39, 0.29) is 0 Å². The van der Waals surface area contributed by atoms with Crippen LogP contribution in [0.5, 0.6) is 0 Å². The van der Waals surface area contributed by atoms with Gasteiger partial charge in [-0.15, -0.1) is 0 Å². The highest BCUT2D eigenvalue weighted by molar-refractivity contribution is 5.97. The fourth-order valence-corrected chi connectivity index (χ4v) is 4.71. The van der Waals surface area contributed by atoms with E-state index in [1.54, 1.807) is 37.2 Å². The summed E-state index contributed by atoms with van der Waals surface area (Å²) in [7, 11) is 0. The molecule has 182 valence electrons. The van der Waals surface area contributed by atoms with Crippen LogP contribution in [0.15, 0.2) is 67.5 Å². The highest BCUT2D eigenvalue weighted by atomic mass is 16.3. The predicted octanol–water partition coefficient (Wildman–Crippen LogP) is 4.55. The summed E-state index contributed by atoms with van der Waals surface area (Å²) in [5, 5.41) is 22.1. The zero-order valence-electron chi connectivity index (χ0n) is 19.8. The molecule has 37 heavy (non-hydrogen) atoms. The number of rotatable bonds is 6. The van der Waals surface area contributed by atoms with E-state index in [4.69, 9.17) is 4.98 Å². The summed E-state index contributed by atoms with van der Waals surface area (Å²) in [6.45, 7) is 0. The first kappa shape index (κ1) is 21.6. The van der Waals surface area contributed by atoms with Crippen molar-refractivity contribution in [1.82, 2.24) is 40.1 Å². The van der Waals surface area contributed by atoms with Crippen LogP contribution in [0.2, 0.25) is 0 Å². The van der Waals surface area contributed by atoms with Crippen LogP contribution < -0.4 is 5.32 Å². The molecule has 1 aliphatic carbocycles. The van der Waals surface area contributed by atoms with Crippen molar-refractivity contribution < 1.29 is 5.11 Å². The van der Waals surface area contributed by atoms with Gasteiger partial charge in [0.05, 0.1) is 46.7 Å². The van der Waals surface area contributed by atoms with E-state index in [0.717, 1.165) is 63.0 Å². The number of aliphatic hydroxyl groups is 1. The van der Waals surface area contributed by atoms with Crippen LogP contribution in [0.1, 0.15) is 19.3 Å². The number of pyridine rings is 4. The minimum atomic E-state index is -0.569. The highest BCUT2D eigenvalue weighted by Gasteiger charge is 2.25. The van der Waals surface area contributed by atoms with Crippen molar-refractivity contribution in [2.45, 2.75) is 25.5 Å². The van der Waals surface area contributed by atoms with Crippen molar-refractivity contribution >= 4 is 27.6 Å². The molecule has 0 saturated heterocycles. The van der Waals surface area contributed by atoms with Crippen molar-refractivity contribution in [3.05, 3.63) is 67.5 Å². The van der Waals surface area contributed by atoms with Crippen LogP contribution in [0.3, 0.4) is 0 Å². The Labute approximate surface area is 211 Å². The third-order valence-corrected chi connectivity index (χ3v) is 6.95. The zero-order valence-corrected chi connectivity index (χ0v) is 19.8. The number of nitrogens with zero attached hydrogens (tertiary/aromatic N) is 6. The summed E-state index contributed by atoms with van der Waals surface area (Å²) in [6.07, 6.45) is 13.2. The average molecular weight is 490 g/mol. The number of hydrogen-bond acceptors (Lipinski definition) is 8. The van der Waals surface area contributed by atoms with Crippen molar-refractivity contribution in [1.29, 1.82) is 0 Å². The molecule has 1 atom stereocenters. The highest BCUT2D eigenvalue weighted by Crippen LogP contribution is 2.33. The maximum atomic E-state index is 10.4. The summed E-state index contributed by atoms with van der Waals surface area (Å²) in [4.78, 5) is 26.0. The molecule has 1 aliphatic rings. The fourth-order valence-electron chi connectivity index (χ4n) is 4.71. The Balaban J connectivity index is 1.26. The van der Waals surface area contributed by atoms with E-state index >= 15 is 0 Å². The molecule has 0 aliphatic heterocycles. The van der Waals surface area contributed by atoms with E-state index in [9.17, 15) is 5.11 Å². The summed E-state index contributed by atoms with van der Waals surface area (Å²) in [6, 6.07) is 9.69. The molecule has 4 N–H and O–H groups in total. The molecule has 6 aromatic heterocycles. The predicted molar refractivity (Wildman–Crippen MR) is 140 cm³/mol. The molecule has 10 heteroatoms. The molecule has 0 amide bonds. The number of aliphatic hydroxyl groups excluding tert-OH is 1. The van der Waals surface area contributed by atoms with Gasteiger partial charge in [-0.2, -0.15) is 5.10 Å². The van der Waals surface area contributed by atoms with Crippen molar-refractivity contribution in [3.8, 4) is 34.0 Å². The van der Waals surface area contributed by atoms with Crippen molar-refractivity contribution in [2.75, 3.05) is 5.32 Å². The van der Waals surface area contributed by atoms with E-state index in [2.05, 4.69) is 40.4 Å². The topological polar surface area (TPSA) is 141 Å². The second-order valence-electron chi connectivity index (χ2n) is 9.31. The number of aromatic nitrogens is 8. The number of hydrogen-bond donors (Lipinski definition) is 4. The largest absolute Gasteiger partial charge is 0.374 e. The number of fused-ring (bicyclic) bond motifs is 2. The molecule has 10 nitrogen and oxygen atoms in total. The maximum Gasteiger partial charge on any atom is 0.159 e. The summed E-state index contributed by atoms with van der Waals surface area (Å²) < 4.78 is 0. The Morgan fingerprint density at radius 1 is 0.946 bits per heavy atom. The van der Waals surface area contributed by atoms with Gasteiger partial charge in [0, 0.05) is 41.0 Å². The molecule has 1 unspecified atom stereocenters. The monoisotopic (exact) mass is 489 g/mol. The van der Waals surface area contributed by atoms with Crippen LogP contribution >= 0.6 is 0 Å². The molecule has 0 bridgehead atoms. The number of imidazole rings is 1. The van der Waals surface area contributed by atoms with Crippen LogP contribution in [0.25, 0.3) is 56.0 Å². The Morgan fingerprint density at radius 2 is 1.86 bits per heavy atom. The first-order valence-electron chi connectivity index (χ1n) is 12.2. The first-order chi connectivity index (χ1) is 18.2. The van der Waals surface area contributed by atoms with Gasteiger partial charge in [-0.05, 0) is 37.1 Å². The van der Waals surface area contributed by atoms with E-state index < -0.39 is 6.23 Å². The van der Waals surface area contributed by atoms with E-state index in [1.807, 2.05) is 30.3 Å². The van der Waals surface area contributed by atoms with Gasteiger partial charge in [-0.3, -0.25) is 25.0 Å². The maximum absolute atomic E-state index is 10.4. The molecule has 6 heterocycles. The molecule has 7 rings (SSSR count). The van der Waals surface area contributed by atoms with Gasteiger partial charge < -0.3 is 15.4 Å². The lowest BCUT2D eigenvalue weighted by Crippen LogP contribution is -2.33. The second kappa shape index (κ2) is 8.75. The number of aromatic amines is 2. The lowest BCUT2D eigenvalue weighted by atomic mass is 9.84. The van der Waals surface area contributed by atoms with Gasteiger partial charge in [-0.25, -0.2) is 4.98 Å².